The van der Waals surface area contributed by atoms with Crippen molar-refractivity contribution in [3.05, 3.63) is 82.5 Å². The zero-order valence-electron chi connectivity index (χ0n) is 11.0. The molecule has 2 bridgehead atoms. The Morgan fingerprint density at radius 3 is 2.83 bits per heavy atom. The molecule has 0 saturated heterocycles. The largest absolute Gasteiger partial charge is 0.0799 e. The molecule has 0 heterocycles. The van der Waals surface area contributed by atoms with E-state index in [-0.39, 0.29) is 0 Å². The zero-order valence-corrected chi connectivity index (χ0v) is 11.0. The van der Waals surface area contributed by atoms with Crippen LogP contribution < -0.4 is 0 Å². The van der Waals surface area contributed by atoms with Gasteiger partial charge in [-0.2, -0.15) is 0 Å². The Balaban J connectivity index is 2.17. The first-order valence-corrected chi connectivity index (χ1v) is 6.57. The van der Waals surface area contributed by atoms with Crippen LogP contribution in [-0.4, -0.2) is 0 Å². The molecule has 0 aromatic heterocycles. The lowest BCUT2D eigenvalue weighted by Crippen LogP contribution is -2.10. The highest BCUT2D eigenvalue weighted by Gasteiger charge is 2.20. The first kappa shape index (κ1) is 11.3. The van der Waals surface area contributed by atoms with E-state index < -0.39 is 0 Å². The van der Waals surface area contributed by atoms with Gasteiger partial charge in [0.05, 0.1) is 0 Å². The summed E-state index contributed by atoms with van der Waals surface area (Å²) in [6.45, 7) is 4.43. The molecule has 0 saturated carbocycles. The summed E-state index contributed by atoms with van der Waals surface area (Å²) in [6.07, 6.45) is 21.3. The smallest absolute Gasteiger partial charge is 0.0280 e. The van der Waals surface area contributed by atoms with Crippen LogP contribution in [0.4, 0.5) is 0 Å². The van der Waals surface area contributed by atoms with Crippen LogP contribution in [0.1, 0.15) is 20.3 Å². The third kappa shape index (κ3) is 1.99. The Bertz CT molecular complexity index is 584. The number of allylic oxidation sites excluding steroid dienone is 14. The first-order chi connectivity index (χ1) is 8.74. The van der Waals surface area contributed by atoms with Crippen molar-refractivity contribution in [1.82, 2.24) is 0 Å². The van der Waals surface area contributed by atoms with Gasteiger partial charge >= 0.3 is 0 Å². The number of rotatable bonds is 0. The molecule has 3 rings (SSSR count). The molecule has 0 spiro atoms. The van der Waals surface area contributed by atoms with E-state index in [9.17, 15) is 0 Å². The van der Waals surface area contributed by atoms with Crippen molar-refractivity contribution >= 4 is 0 Å². The SMILES string of the molecule is CC1=C2\C=CC=C3C=CC(=CC32)/C=C\C\C(C)=C\1. The molecule has 90 valence electrons. The Morgan fingerprint density at radius 2 is 1.94 bits per heavy atom. The lowest BCUT2D eigenvalue weighted by Gasteiger charge is -2.25. The van der Waals surface area contributed by atoms with E-state index in [1.54, 1.807) is 0 Å². The van der Waals surface area contributed by atoms with E-state index in [0.717, 1.165) is 6.42 Å². The molecule has 0 N–H and O–H groups in total. The van der Waals surface area contributed by atoms with Crippen molar-refractivity contribution in [3.63, 3.8) is 0 Å². The van der Waals surface area contributed by atoms with Gasteiger partial charge in [-0.15, -0.1) is 0 Å². The molecular weight excluding hydrogens is 216 g/mol. The Labute approximate surface area is 109 Å². The lowest BCUT2D eigenvalue weighted by atomic mass is 9.79. The average Bonchev–Trinajstić information content (AvgIpc) is 2.37. The summed E-state index contributed by atoms with van der Waals surface area (Å²) in [5.41, 5.74) is 6.97. The van der Waals surface area contributed by atoms with E-state index in [4.69, 9.17) is 0 Å². The van der Waals surface area contributed by atoms with Crippen LogP contribution in [0.25, 0.3) is 0 Å². The van der Waals surface area contributed by atoms with Gasteiger partial charge in [-0.05, 0) is 42.6 Å². The third-order valence-corrected chi connectivity index (χ3v) is 3.75. The van der Waals surface area contributed by atoms with Gasteiger partial charge in [0.15, 0.2) is 0 Å². The Kier molecular flexibility index (Phi) is 2.79. The molecule has 0 aliphatic heterocycles. The van der Waals surface area contributed by atoms with Crippen molar-refractivity contribution in [1.29, 1.82) is 0 Å². The number of hydrogen-bond acceptors (Lipinski definition) is 0. The van der Waals surface area contributed by atoms with Crippen molar-refractivity contribution in [2.24, 2.45) is 5.92 Å². The first-order valence-electron chi connectivity index (χ1n) is 6.57. The summed E-state index contributed by atoms with van der Waals surface area (Å²) < 4.78 is 0. The standard InChI is InChI=1S/C18H18/c1-13-5-3-6-15-9-10-16-7-4-8-17(14(2)11-13)18(16)12-15/h3-4,6-12,18H,5H2,1-2H3/b6-3-,13-11+,17-14-. The highest BCUT2D eigenvalue weighted by atomic mass is 14.2. The van der Waals surface area contributed by atoms with Crippen molar-refractivity contribution in [2.75, 3.05) is 0 Å². The fraction of sp³-hybridized carbons (Fsp3) is 0.222. The minimum atomic E-state index is 0.432. The number of hydrogen-bond donors (Lipinski definition) is 0. The van der Waals surface area contributed by atoms with Crippen molar-refractivity contribution < 1.29 is 0 Å². The normalized spacial score (nSPS) is 34.3. The summed E-state index contributed by atoms with van der Waals surface area (Å²) in [4.78, 5) is 0. The Hall–Kier alpha value is -1.82. The molecule has 0 heteroatoms. The molecule has 0 fully saturated rings. The van der Waals surface area contributed by atoms with Crippen LogP contribution >= 0.6 is 0 Å². The van der Waals surface area contributed by atoms with E-state index in [1.165, 1.54) is 27.9 Å². The predicted octanol–water partition coefficient (Wildman–Crippen LogP) is 4.82. The van der Waals surface area contributed by atoms with Crippen LogP contribution in [0.2, 0.25) is 0 Å². The van der Waals surface area contributed by atoms with Crippen LogP contribution in [0.3, 0.4) is 0 Å². The molecule has 1 atom stereocenters. The molecule has 1 unspecified atom stereocenters. The fourth-order valence-electron chi connectivity index (χ4n) is 2.82. The second-order valence-corrected chi connectivity index (χ2v) is 5.24. The third-order valence-electron chi connectivity index (χ3n) is 3.75. The minimum absolute atomic E-state index is 0.432. The summed E-state index contributed by atoms with van der Waals surface area (Å²) in [7, 11) is 0. The van der Waals surface area contributed by atoms with Gasteiger partial charge in [0, 0.05) is 5.92 Å². The maximum Gasteiger partial charge on any atom is 0.0280 e. The summed E-state index contributed by atoms with van der Waals surface area (Å²) in [6, 6.07) is 0. The monoisotopic (exact) mass is 234 g/mol. The van der Waals surface area contributed by atoms with Gasteiger partial charge < -0.3 is 0 Å². The topological polar surface area (TPSA) is 0 Å². The van der Waals surface area contributed by atoms with Crippen LogP contribution in [0.5, 0.6) is 0 Å². The van der Waals surface area contributed by atoms with Gasteiger partial charge in [-0.25, -0.2) is 0 Å². The van der Waals surface area contributed by atoms with Crippen molar-refractivity contribution in [2.45, 2.75) is 20.3 Å². The highest BCUT2D eigenvalue weighted by molar-refractivity contribution is 5.55. The molecule has 0 aromatic carbocycles. The van der Waals surface area contributed by atoms with Gasteiger partial charge in [0.1, 0.15) is 0 Å². The molecule has 18 heavy (non-hydrogen) atoms. The molecule has 0 amide bonds. The molecule has 0 radical (unpaired) electrons. The van der Waals surface area contributed by atoms with E-state index in [0.29, 0.717) is 5.92 Å². The fourth-order valence-corrected chi connectivity index (χ4v) is 2.82. The van der Waals surface area contributed by atoms with Gasteiger partial charge in [-0.1, -0.05) is 60.3 Å². The van der Waals surface area contributed by atoms with Crippen LogP contribution in [-0.2, 0) is 0 Å². The molecule has 3 aliphatic rings. The van der Waals surface area contributed by atoms with Crippen LogP contribution in [0.15, 0.2) is 82.5 Å². The maximum atomic E-state index is 2.37. The van der Waals surface area contributed by atoms with Gasteiger partial charge in [0.2, 0.25) is 0 Å². The molecule has 0 aromatic rings. The summed E-state index contributed by atoms with van der Waals surface area (Å²) in [5, 5.41) is 0. The van der Waals surface area contributed by atoms with Crippen molar-refractivity contribution in [3.8, 4) is 0 Å². The summed E-state index contributed by atoms with van der Waals surface area (Å²) in [5.74, 6) is 0.432. The Morgan fingerprint density at radius 1 is 1.06 bits per heavy atom. The lowest BCUT2D eigenvalue weighted by molar-refractivity contribution is 0.909. The summed E-state index contributed by atoms with van der Waals surface area (Å²) >= 11 is 0. The van der Waals surface area contributed by atoms with E-state index in [2.05, 4.69) is 68.5 Å². The zero-order chi connectivity index (χ0) is 12.5. The molecule has 3 aliphatic carbocycles. The highest BCUT2D eigenvalue weighted by Crippen LogP contribution is 2.35. The van der Waals surface area contributed by atoms with E-state index in [1.807, 2.05) is 0 Å². The predicted molar refractivity (Wildman–Crippen MR) is 78.2 cm³/mol. The minimum Gasteiger partial charge on any atom is -0.0799 e. The quantitative estimate of drug-likeness (QED) is 0.564. The second-order valence-electron chi connectivity index (χ2n) is 5.24. The molecule has 0 nitrogen and oxygen atoms in total. The second kappa shape index (κ2) is 4.45. The maximum absolute atomic E-state index is 2.37. The average molecular weight is 234 g/mol. The van der Waals surface area contributed by atoms with Crippen LogP contribution in [0, 0.1) is 5.92 Å². The molecular formula is C18H18. The van der Waals surface area contributed by atoms with Gasteiger partial charge in [-0.3, -0.25) is 0 Å². The van der Waals surface area contributed by atoms with Gasteiger partial charge in [0.25, 0.3) is 0 Å². The van der Waals surface area contributed by atoms with E-state index >= 15 is 0 Å².